The van der Waals surface area contributed by atoms with E-state index in [0.29, 0.717) is 24.2 Å². The van der Waals surface area contributed by atoms with Crippen molar-refractivity contribution in [1.82, 2.24) is 14.8 Å². The molecule has 4 rings (SSSR count). The molecule has 3 fully saturated rings. The van der Waals surface area contributed by atoms with Crippen LogP contribution in [0.3, 0.4) is 0 Å². The Hall–Kier alpha value is -1.42. The van der Waals surface area contributed by atoms with E-state index in [1.807, 2.05) is 24.5 Å². The monoisotopic (exact) mass is 355 g/mol. The van der Waals surface area contributed by atoms with Crippen LogP contribution >= 0.6 is 0 Å². The van der Waals surface area contributed by atoms with Crippen molar-refractivity contribution in [2.45, 2.75) is 70.4 Å². The smallest absolute Gasteiger partial charge is 0.222 e. The van der Waals surface area contributed by atoms with Gasteiger partial charge in [-0.25, -0.2) is 0 Å². The Balaban J connectivity index is 1.37. The van der Waals surface area contributed by atoms with Gasteiger partial charge in [0.15, 0.2) is 0 Å². The first-order valence-corrected chi connectivity index (χ1v) is 10.7. The lowest BCUT2D eigenvalue weighted by molar-refractivity contribution is -0.139. The van der Waals surface area contributed by atoms with Crippen molar-refractivity contribution in [3.05, 3.63) is 30.1 Å². The molecule has 4 atom stereocenters. The second kappa shape index (κ2) is 8.08. The van der Waals surface area contributed by atoms with Gasteiger partial charge in [0, 0.05) is 50.5 Å². The van der Waals surface area contributed by atoms with Gasteiger partial charge >= 0.3 is 0 Å². The lowest BCUT2D eigenvalue weighted by Crippen LogP contribution is -2.62. The maximum absolute atomic E-state index is 12.8. The largest absolute Gasteiger partial charge is 0.342 e. The topological polar surface area (TPSA) is 36.4 Å². The highest BCUT2D eigenvalue weighted by Crippen LogP contribution is 2.40. The van der Waals surface area contributed by atoms with E-state index in [1.54, 1.807) is 0 Å². The van der Waals surface area contributed by atoms with Crippen LogP contribution in [0.5, 0.6) is 0 Å². The van der Waals surface area contributed by atoms with Gasteiger partial charge in [-0.3, -0.25) is 14.7 Å². The quantitative estimate of drug-likeness (QED) is 0.811. The SMILES string of the molecule is CCC[C@H]1CCC[C@H]2[C@@H]3C[C@@H](CN(C(=O)CCc4ccncc4)C3)CN12. The van der Waals surface area contributed by atoms with Crippen LogP contribution in [0, 0.1) is 11.8 Å². The van der Waals surface area contributed by atoms with Gasteiger partial charge in [-0.05, 0) is 61.6 Å². The predicted molar refractivity (Wildman–Crippen MR) is 104 cm³/mol. The van der Waals surface area contributed by atoms with Gasteiger partial charge in [0.2, 0.25) is 5.91 Å². The van der Waals surface area contributed by atoms with Crippen molar-refractivity contribution >= 4 is 5.91 Å². The van der Waals surface area contributed by atoms with Gasteiger partial charge in [-0.1, -0.05) is 19.8 Å². The summed E-state index contributed by atoms with van der Waals surface area (Å²) in [6.07, 6.45) is 13.2. The van der Waals surface area contributed by atoms with Crippen molar-refractivity contribution in [3.8, 4) is 0 Å². The standard InChI is InChI=1S/C22H33N3O/c1-2-4-20-5-3-6-21-19-13-18(15-25(20)21)14-24(16-19)22(26)8-7-17-9-11-23-12-10-17/h9-12,18-21H,2-8,13-16H2,1H3/t18-,19+,20-,21-/m0/s1. The van der Waals surface area contributed by atoms with Crippen LogP contribution in [-0.2, 0) is 11.2 Å². The molecule has 26 heavy (non-hydrogen) atoms. The summed E-state index contributed by atoms with van der Waals surface area (Å²) >= 11 is 0. The molecule has 3 saturated heterocycles. The fraction of sp³-hybridized carbons (Fsp3) is 0.727. The highest BCUT2D eigenvalue weighted by molar-refractivity contribution is 5.76. The number of likely N-dealkylation sites (tertiary alicyclic amines) is 1. The van der Waals surface area contributed by atoms with E-state index in [-0.39, 0.29) is 0 Å². The second-order valence-corrected chi connectivity index (χ2v) is 8.65. The van der Waals surface area contributed by atoms with Gasteiger partial charge in [0.25, 0.3) is 0 Å². The second-order valence-electron chi connectivity index (χ2n) is 8.65. The summed E-state index contributed by atoms with van der Waals surface area (Å²) in [6, 6.07) is 5.57. The Kier molecular flexibility index (Phi) is 5.58. The maximum Gasteiger partial charge on any atom is 0.222 e. The molecule has 0 aliphatic carbocycles. The average molecular weight is 356 g/mol. The molecule has 4 nitrogen and oxygen atoms in total. The number of rotatable bonds is 5. The number of fused-ring (bicyclic) bond motifs is 4. The third kappa shape index (κ3) is 3.80. The van der Waals surface area contributed by atoms with Gasteiger partial charge in [-0.15, -0.1) is 0 Å². The van der Waals surface area contributed by atoms with E-state index in [0.717, 1.165) is 31.6 Å². The molecule has 1 aromatic rings. The Morgan fingerprint density at radius 1 is 1.19 bits per heavy atom. The number of carbonyl (C=O) groups is 1. The Morgan fingerprint density at radius 3 is 2.85 bits per heavy atom. The first-order chi connectivity index (χ1) is 12.7. The van der Waals surface area contributed by atoms with Gasteiger partial charge in [0.05, 0.1) is 0 Å². The highest BCUT2D eigenvalue weighted by atomic mass is 16.2. The molecule has 0 radical (unpaired) electrons. The van der Waals surface area contributed by atoms with Crippen molar-refractivity contribution < 1.29 is 4.79 Å². The van der Waals surface area contributed by atoms with Gasteiger partial charge in [0.1, 0.15) is 0 Å². The number of nitrogens with zero attached hydrogens (tertiary/aromatic N) is 3. The molecule has 142 valence electrons. The van der Waals surface area contributed by atoms with Gasteiger partial charge < -0.3 is 4.90 Å². The van der Waals surface area contributed by atoms with Crippen LogP contribution in [0.4, 0.5) is 0 Å². The van der Waals surface area contributed by atoms with Crippen LogP contribution in [0.2, 0.25) is 0 Å². The third-order valence-electron chi connectivity index (χ3n) is 6.87. The molecule has 1 amide bonds. The van der Waals surface area contributed by atoms with Crippen LogP contribution in [-0.4, -0.2) is 52.4 Å². The Bertz CT molecular complexity index is 603. The Morgan fingerprint density at radius 2 is 2.04 bits per heavy atom. The Labute approximate surface area is 158 Å². The number of carbonyl (C=O) groups excluding carboxylic acids is 1. The molecule has 4 heterocycles. The third-order valence-corrected chi connectivity index (χ3v) is 6.87. The molecule has 0 saturated carbocycles. The summed E-state index contributed by atoms with van der Waals surface area (Å²) in [4.78, 5) is 21.9. The molecule has 1 aromatic heterocycles. The summed E-state index contributed by atoms with van der Waals surface area (Å²) in [5.41, 5.74) is 1.21. The molecular weight excluding hydrogens is 322 g/mol. The molecule has 0 unspecified atom stereocenters. The number of amides is 1. The fourth-order valence-corrected chi connectivity index (χ4v) is 5.72. The van der Waals surface area contributed by atoms with E-state index in [2.05, 4.69) is 21.7 Å². The van der Waals surface area contributed by atoms with E-state index in [9.17, 15) is 4.79 Å². The fourth-order valence-electron chi connectivity index (χ4n) is 5.72. The molecule has 3 aliphatic heterocycles. The van der Waals surface area contributed by atoms with Crippen LogP contribution in [0.1, 0.15) is 57.4 Å². The summed E-state index contributed by atoms with van der Waals surface area (Å²) in [7, 11) is 0. The molecule has 4 heteroatoms. The first-order valence-electron chi connectivity index (χ1n) is 10.7. The van der Waals surface area contributed by atoms with Crippen LogP contribution < -0.4 is 0 Å². The van der Waals surface area contributed by atoms with E-state index in [4.69, 9.17) is 0 Å². The predicted octanol–water partition coefficient (Wildman–Crippen LogP) is 3.52. The summed E-state index contributed by atoms with van der Waals surface area (Å²) < 4.78 is 0. The minimum Gasteiger partial charge on any atom is -0.342 e. The van der Waals surface area contributed by atoms with E-state index >= 15 is 0 Å². The maximum atomic E-state index is 12.8. The summed E-state index contributed by atoms with van der Waals surface area (Å²) in [6.45, 7) is 5.51. The minimum atomic E-state index is 0.353. The zero-order valence-corrected chi connectivity index (χ0v) is 16.1. The zero-order valence-electron chi connectivity index (χ0n) is 16.1. The lowest BCUT2D eigenvalue weighted by atomic mass is 9.74. The normalized spacial score (nSPS) is 31.5. The zero-order chi connectivity index (χ0) is 17.9. The summed E-state index contributed by atoms with van der Waals surface area (Å²) in [5.74, 6) is 1.74. The number of hydrogen-bond donors (Lipinski definition) is 0. The number of pyridine rings is 1. The molecule has 0 spiro atoms. The molecule has 2 bridgehead atoms. The average Bonchev–Trinajstić information content (AvgIpc) is 2.67. The van der Waals surface area contributed by atoms with E-state index < -0.39 is 0 Å². The van der Waals surface area contributed by atoms with Crippen LogP contribution in [0.15, 0.2) is 24.5 Å². The van der Waals surface area contributed by atoms with Crippen molar-refractivity contribution in [2.24, 2.45) is 11.8 Å². The number of aryl methyl sites for hydroxylation is 1. The molecule has 3 aliphatic rings. The van der Waals surface area contributed by atoms with Crippen molar-refractivity contribution in [2.75, 3.05) is 19.6 Å². The van der Waals surface area contributed by atoms with E-state index in [1.165, 1.54) is 50.6 Å². The first kappa shape index (κ1) is 18.0. The molecule has 0 aromatic carbocycles. The van der Waals surface area contributed by atoms with Crippen molar-refractivity contribution in [3.63, 3.8) is 0 Å². The molecular formula is C22H33N3O. The number of hydrogen-bond acceptors (Lipinski definition) is 3. The molecule has 0 N–H and O–H groups in total. The number of aromatic nitrogens is 1. The highest BCUT2D eigenvalue weighted by Gasteiger charge is 2.44. The number of piperidine rings is 3. The van der Waals surface area contributed by atoms with Crippen molar-refractivity contribution in [1.29, 1.82) is 0 Å². The van der Waals surface area contributed by atoms with Crippen LogP contribution in [0.25, 0.3) is 0 Å². The van der Waals surface area contributed by atoms with Gasteiger partial charge in [-0.2, -0.15) is 0 Å². The lowest BCUT2D eigenvalue weighted by Gasteiger charge is -2.55. The minimum absolute atomic E-state index is 0.353. The summed E-state index contributed by atoms with van der Waals surface area (Å²) in [5, 5.41) is 0.